The van der Waals surface area contributed by atoms with Crippen LogP contribution in [0.15, 0.2) is 47.6 Å². The van der Waals surface area contributed by atoms with Crippen LogP contribution >= 0.6 is 0 Å². The van der Waals surface area contributed by atoms with Gasteiger partial charge in [0.15, 0.2) is 5.65 Å². The Balaban J connectivity index is 2.20. The third kappa shape index (κ3) is 2.60. The quantitative estimate of drug-likeness (QED) is 0.710. The zero-order valence-electron chi connectivity index (χ0n) is 13.7. The van der Waals surface area contributed by atoms with Crippen LogP contribution in [0.3, 0.4) is 0 Å². The summed E-state index contributed by atoms with van der Waals surface area (Å²) in [6, 6.07) is 8.09. The predicted octanol–water partition coefficient (Wildman–Crippen LogP) is 2.85. The predicted molar refractivity (Wildman–Crippen MR) is 91.2 cm³/mol. The van der Waals surface area contributed by atoms with Gasteiger partial charge in [-0.1, -0.05) is 6.92 Å². The Labute approximate surface area is 140 Å². The zero-order valence-corrected chi connectivity index (χ0v) is 14.5. The van der Waals surface area contributed by atoms with Crippen molar-refractivity contribution in [2.24, 2.45) is 0 Å². The summed E-state index contributed by atoms with van der Waals surface area (Å²) in [6.07, 6.45) is 3.83. The van der Waals surface area contributed by atoms with Crippen LogP contribution in [0.1, 0.15) is 12.5 Å². The molecule has 6 nitrogen and oxygen atoms in total. The first kappa shape index (κ1) is 16.3. The molecule has 0 bridgehead atoms. The largest absolute Gasteiger partial charge is 0.497 e. The summed E-state index contributed by atoms with van der Waals surface area (Å²) in [5, 5.41) is 0.772. The maximum absolute atomic E-state index is 13.0. The van der Waals surface area contributed by atoms with Crippen molar-refractivity contribution >= 4 is 21.1 Å². The summed E-state index contributed by atoms with van der Waals surface area (Å²) in [6.45, 7) is 1.97. The molecule has 3 rings (SSSR count). The molecule has 2 aromatic heterocycles. The Bertz CT molecular complexity index is 976. The van der Waals surface area contributed by atoms with Gasteiger partial charge < -0.3 is 9.47 Å². The molecule has 0 aliphatic carbocycles. The number of benzene rings is 1. The fourth-order valence-corrected chi connectivity index (χ4v) is 3.91. The lowest BCUT2D eigenvalue weighted by Crippen LogP contribution is -2.12. The van der Waals surface area contributed by atoms with Crippen LogP contribution in [0.25, 0.3) is 11.0 Å². The molecule has 0 amide bonds. The second-order valence-corrected chi connectivity index (χ2v) is 7.05. The molecule has 0 aliphatic rings. The van der Waals surface area contributed by atoms with Gasteiger partial charge in [0.2, 0.25) is 0 Å². The van der Waals surface area contributed by atoms with Gasteiger partial charge >= 0.3 is 0 Å². The fourth-order valence-electron chi connectivity index (χ4n) is 2.56. The van der Waals surface area contributed by atoms with Crippen molar-refractivity contribution in [2.45, 2.75) is 18.2 Å². The average Bonchev–Trinajstić information content (AvgIpc) is 3.00. The Morgan fingerprint density at radius 1 is 1.08 bits per heavy atom. The Kier molecular flexibility index (Phi) is 4.19. The Morgan fingerprint density at radius 2 is 1.75 bits per heavy atom. The van der Waals surface area contributed by atoms with Gasteiger partial charge in [-0.25, -0.2) is 17.4 Å². The van der Waals surface area contributed by atoms with Gasteiger partial charge in [-0.05, 0) is 42.3 Å². The first-order valence-corrected chi connectivity index (χ1v) is 8.89. The highest BCUT2D eigenvalue weighted by atomic mass is 32.2. The third-order valence-corrected chi connectivity index (χ3v) is 5.57. The van der Waals surface area contributed by atoms with E-state index in [1.165, 1.54) is 29.4 Å². The van der Waals surface area contributed by atoms with E-state index in [0.717, 1.165) is 10.9 Å². The highest BCUT2D eigenvalue weighted by molar-refractivity contribution is 7.90. The van der Waals surface area contributed by atoms with Crippen LogP contribution in [-0.4, -0.2) is 31.6 Å². The zero-order chi connectivity index (χ0) is 17.3. The number of methoxy groups -OCH3 is 2. The number of hydrogen-bond acceptors (Lipinski definition) is 5. The van der Waals surface area contributed by atoms with E-state index >= 15 is 0 Å². The van der Waals surface area contributed by atoms with Crippen molar-refractivity contribution in [3.63, 3.8) is 0 Å². The molecule has 0 radical (unpaired) electrons. The molecule has 0 spiro atoms. The Hall–Kier alpha value is -2.54. The lowest BCUT2D eigenvalue weighted by Gasteiger charge is -2.08. The number of pyridine rings is 1. The van der Waals surface area contributed by atoms with Crippen molar-refractivity contribution in [2.75, 3.05) is 14.2 Å². The molecule has 7 heteroatoms. The van der Waals surface area contributed by atoms with Gasteiger partial charge in [0.05, 0.1) is 25.3 Å². The van der Waals surface area contributed by atoms with E-state index in [1.807, 2.05) is 6.92 Å². The summed E-state index contributed by atoms with van der Waals surface area (Å²) in [5.41, 5.74) is 1.29. The van der Waals surface area contributed by atoms with Crippen molar-refractivity contribution < 1.29 is 17.9 Å². The van der Waals surface area contributed by atoms with Crippen molar-refractivity contribution in [3.8, 4) is 11.5 Å². The fraction of sp³-hybridized carbons (Fsp3) is 0.235. The molecule has 0 atom stereocenters. The molecule has 126 valence electrons. The summed E-state index contributed by atoms with van der Waals surface area (Å²) in [4.78, 5) is 4.46. The van der Waals surface area contributed by atoms with Gasteiger partial charge in [0.1, 0.15) is 11.5 Å². The highest BCUT2D eigenvalue weighted by Crippen LogP contribution is 2.28. The normalized spacial score (nSPS) is 11.6. The van der Waals surface area contributed by atoms with Gasteiger partial charge in [-0.15, -0.1) is 0 Å². The van der Waals surface area contributed by atoms with E-state index in [2.05, 4.69) is 4.98 Å². The monoisotopic (exact) mass is 346 g/mol. The summed E-state index contributed by atoms with van der Waals surface area (Å²) in [5.74, 6) is 1.19. The van der Waals surface area contributed by atoms with E-state index in [9.17, 15) is 8.42 Å². The van der Waals surface area contributed by atoms with Crippen molar-refractivity contribution in [1.82, 2.24) is 8.96 Å². The van der Waals surface area contributed by atoms with Gasteiger partial charge in [-0.2, -0.15) is 0 Å². The lowest BCUT2D eigenvalue weighted by molar-refractivity contribution is 0.413. The van der Waals surface area contributed by atoms with Crippen LogP contribution in [0, 0.1) is 0 Å². The number of hydrogen-bond donors (Lipinski definition) is 0. The summed E-state index contributed by atoms with van der Waals surface area (Å²) in [7, 11) is -0.651. The molecule has 24 heavy (non-hydrogen) atoms. The number of nitrogens with zero attached hydrogens (tertiary/aromatic N) is 2. The molecule has 2 heterocycles. The molecule has 3 aromatic rings. The topological polar surface area (TPSA) is 70.4 Å². The molecular formula is C17H18N2O4S. The molecule has 0 saturated carbocycles. The third-order valence-electron chi connectivity index (χ3n) is 3.90. The first-order chi connectivity index (χ1) is 11.5. The minimum absolute atomic E-state index is 0.181. The minimum atomic E-state index is -3.74. The summed E-state index contributed by atoms with van der Waals surface area (Å²) < 4.78 is 37.5. The van der Waals surface area contributed by atoms with E-state index < -0.39 is 10.0 Å². The van der Waals surface area contributed by atoms with Gasteiger partial charge in [0, 0.05) is 11.6 Å². The molecule has 0 unspecified atom stereocenters. The number of aromatic nitrogens is 2. The smallest absolute Gasteiger partial charge is 0.269 e. The van der Waals surface area contributed by atoms with E-state index in [1.54, 1.807) is 31.5 Å². The van der Waals surface area contributed by atoms with Crippen LogP contribution in [-0.2, 0) is 16.4 Å². The van der Waals surface area contributed by atoms with E-state index in [0.29, 0.717) is 23.6 Å². The van der Waals surface area contributed by atoms with E-state index in [-0.39, 0.29) is 4.90 Å². The maximum atomic E-state index is 13.0. The first-order valence-electron chi connectivity index (χ1n) is 7.45. The maximum Gasteiger partial charge on any atom is 0.269 e. The van der Waals surface area contributed by atoms with Gasteiger partial charge in [0.25, 0.3) is 10.0 Å². The number of aryl methyl sites for hydroxylation is 1. The second-order valence-electron chi connectivity index (χ2n) is 5.23. The molecular weight excluding hydrogens is 328 g/mol. The standard InChI is InChI=1S/C17H18N2O4S/c1-4-12-11-19(17-16(12)9-14(23-3)10-18-17)24(20,21)15-7-5-13(22-2)6-8-15/h5-11H,4H2,1-3H3. The molecule has 1 aromatic carbocycles. The molecule has 0 aliphatic heterocycles. The Morgan fingerprint density at radius 3 is 2.33 bits per heavy atom. The number of fused-ring (bicyclic) bond motifs is 1. The average molecular weight is 346 g/mol. The van der Waals surface area contributed by atoms with Crippen LogP contribution in [0.4, 0.5) is 0 Å². The number of ether oxygens (including phenoxy) is 2. The highest BCUT2D eigenvalue weighted by Gasteiger charge is 2.22. The second kappa shape index (κ2) is 6.16. The van der Waals surface area contributed by atoms with Crippen LogP contribution in [0.5, 0.6) is 11.5 Å². The summed E-state index contributed by atoms with van der Waals surface area (Å²) >= 11 is 0. The van der Waals surface area contributed by atoms with Crippen molar-refractivity contribution in [3.05, 3.63) is 48.3 Å². The minimum Gasteiger partial charge on any atom is -0.497 e. The lowest BCUT2D eigenvalue weighted by atomic mass is 10.2. The van der Waals surface area contributed by atoms with Crippen LogP contribution in [0.2, 0.25) is 0 Å². The number of rotatable bonds is 5. The van der Waals surface area contributed by atoms with E-state index in [4.69, 9.17) is 9.47 Å². The van der Waals surface area contributed by atoms with Crippen molar-refractivity contribution in [1.29, 1.82) is 0 Å². The van der Waals surface area contributed by atoms with Crippen LogP contribution < -0.4 is 9.47 Å². The molecule has 0 fully saturated rings. The molecule has 0 saturated heterocycles. The SMILES string of the molecule is CCc1cn(S(=O)(=O)c2ccc(OC)cc2)c2ncc(OC)cc12. The van der Waals surface area contributed by atoms with Gasteiger partial charge in [-0.3, -0.25) is 0 Å². The molecule has 0 N–H and O–H groups in total.